The number of nitrogens with zero attached hydrogens (tertiary/aromatic N) is 4. The third-order valence-electron chi connectivity index (χ3n) is 3.91. The molecule has 1 saturated heterocycles. The summed E-state index contributed by atoms with van der Waals surface area (Å²) in [6, 6.07) is 7.88. The molecule has 3 rings (SSSR count). The maximum absolute atomic E-state index is 12.5. The fourth-order valence-corrected chi connectivity index (χ4v) is 2.68. The van der Waals surface area contributed by atoms with E-state index in [1.54, 1.807) is 11.0 Å². The number of carbonyl (C=O) groups excluding carboxylic acids is 1. The van der Waals surface area contributed by atoms with Gasteiger partial charge in [-0.2, -0.15) is 5.10 Å². The van der Waals surface area contributed by atoms with Crippen molar-refractivity contribution in [2.75, 3.05) is 20.1 Å². The molecule has 6 nitrogen and oxygen atoms in total. The lowest BCUT2D eigenvalue weighted by Gasteiger charge is -2.32. The Hall–Kier alpha value is -1.92. The number of nitrogens with one attached hydrogen (secondary N) is 1. The van der Waals surface area contributed by atoms with Crippen LogP contribution in [0, 0.1) is 0 Å². The quantitative estimate of drug-likeness (QED) is 0.931. The molecule has 0 bridgehead atoms. The molecule has 2 heterocycles. The molecule has 0 saturated carbocycles. The highest BCUT2D eigenvalue weighted by atomic mass is 35.5. The number of piperidine rings is 1. The second-order valence-electron chi connectivity index (χ2n) is 5.27. The third-order valence-corrected chi connectivity index (χ3v) is 3.91. The summed E-state index contributed by atoms with van der Waals surface area (Å²) in [6.07, 6.45) is 5.31. The van der Waals surface area contributed by atoms with Crippen LogP contribution >= 0.6 is 12.4 Å². The van der Waals surface area contributed by atoms with Crippen molar-refractivity contribution in [2.24, 2.45) is 0 Å². The van der Waals surface area contributed by atoms with Crippen molar-refractivity contribution in [2.45, 2.75) is 18.9 Å². The summed E-state index contributed by atoms with van der Waals surface area (Å²) >= 11 is 0. The third kappa shape index (κ3) is 3.45. The van der Waals surface area contributed by atoms with E-state index >= 15 is 0 Å². The van der Waals surface area contributed by atoms with Crippen molar-refractivity contribution in [1.82, 2.24) is 25.0 Å². The number of likely N-dealkylation sites (N-methyl/N-ethyl adjacent to an activating group) is 1. The Morgan fingerprint density at radius 1 is 1.32 bits per heavy atom. The van der Waals surface area contributed by atoms with E-state index in [9.17, 15) is 4.79 Å². The minimum atomic E-state index is 0. The number of carbonyl (C=O) groups is 1. The van der Waals surface area contributed by atoms with Gasteiger partial charge in [-0.1, -0.05) is 0 Å². The lowest BCUT2D eigenvalue weighted by Crippen LogP contribution is -2.46. The molecule has 1 unspecified atom stereocenters. The van der Waals surface area contributed by atoms with Crippen LogP contribution in [0.3, 0.4) is 0 Å². The van der Waals surface area contributed by atoms with Crippen LogP contribution in [0.2, 0.25) is 0 Å². The van der Waals surface area contributed by atoms with E-state index in [4.69, 9.17) is 0 Å². The predicted molar refractivity (Wildman–Crippen MR) is 86.6 cm³/mol. The van der Waals surface area contributed by atoms with Crippen LogP contribution in [0.4, 0.5) is 0 Å². The van der Waals surface area contributed by atoms with Gasteiger partial charge < -0.3 is 10.2 Å². The molecule has 2 aromatic rings. The highest BCUT2D eigenvalue weighted by Gasteiger charge is 2.23. The second-order valence-corrected chi connectivity index (χ2v) is 5.27. The molecule has 7 heteroatoms. The van der Waals surface area contributed by atoms with Crippen molar-refractivity contribution in [1.29, 1.82) is 0 Å². The number of hydrogen-bond donors (Lipinski definition) is 1. The van der Waals surface area contributed by atoms with Gasteiger partial charge in [0, 0.05) is 24.7 Å². The minimum absolute atomic E-state index is 0. The lowest BCUT2D eigenvalue weighted by molar-refractivity contribution is 0.0698. The van der Waals surface area contributed by atoms with E-state index in [1.807, 2.05) is 36.2 Å². The Morgan fingerprint density at radius 2 is 2.09 bits per heavy atom. The summed E-state index contributed by atoms with van der Waals surface area (Å²) in [6.45, 7) is 1.61. The van der Waals surface area contributed by atoms with Crippen molar-refractivity contribution in [3.05, 3.63) is 42.5 Å². The van der Waals surface area contributed by atoms with Gasteiger partial charge in [0.15, 0.2) is 0 Å². The first-order chi connectivity index (χ1) is 10.3. The second kappa shape index (κ2) is 7.38. The zero-order chi connectivity index (χ0) is 14.7. The molecule has 0 spiro atoms. The van der Waals surface area contributed by atoms with Crippen LogP contribution in [0.15, 0.2) is 36.9 Å². The molecule has 118 valence electrons. The molecule has 1 fully saturated rings. The van der Waals surface area contributed by atoms with Crippen LogP contribution in [-0.4, -0.2) is 51.8 Å². The van der Waals surface area contributed by atoms with Crippen LogP contribution in [-0.2, 0) is 0 Å². The predicted octanol–water partition coefficient (Wildman–Crippen LogP) is 1.51. The maximum Gasteiger partial charge on any atom is 0.253 e. The number of halogens is 1. The van der Waals surface area contributed by atoms with E-state index in [1.165, 1.54) is 6.33 Å². The Labute approximate surface area is 135 Å². The average Bonchev–Trinajstić information content (AvgIpc) is 3.09. The Balaban J connectivity index is 0.00000176. The van der Waals surface area contributed by atoms with Gasteiger partial charge in [-0.3, -0.25) is 4.79 Å². The Bertz CT molecular complexity index is 599. The van der Waals surface area contributed by atoms with Crippen molar-refractivity contribution < 1.29 is 4.79 Å². The molecule has 1 aromatic heterocycles. The summed E-state index contributed by atoms with van der Waals surface area (Å²) < 4.78 is 1.67. The lowest BCUT2D eigenvalue weighted by atomic mass is 10.0. The minimum Gasteiger partial charge on any atom is -0.337 e. The van der Waals surface area contributed by atoms with Crippen LogP contribution in [0.5, 0.6) is 0 Å². The standard InChI is InChI=1S/C15H19N5O.ClH/c1-16-13-3-2-8-19(9-13)15(21)12-4-6-14(7-5-12)20-11-17-10-18-20;/h4-7,10-11,13,16H,2-3,8-9H2,1H3;1H. The molecule has 1 aliphatic heterocycles. The van der Waals surface area contributed by atoms with Crippen molar-refractivity contribution in [3.8, 4) is 5.69 Å². The SMILES string of the molecule is CNC1CCCN(C(=O)c2ccc(-n3cncn3)cc2)C1.Cl. The van der Waals surface area contributed by atoms with Crippen LogP contribution in [0.25, 0.3) is 5.69 Å². The summed E-state index contributed by atoms with van der Waals surface area (Å²) in [5, 5.41) is 7.33. The number of likely N-dealkylation sites (tertiary alicyclic amines) is 1. The van der Waals surface area contributed by atoms with Gasteiger partial charge in [0.25, 0.3) is 5.91 Å². The summed E-state index contributed by atoms with van der Waals surface area (Å²) in [5.41, 5.74) is 1.62. The molecule has 1 aliphatic rings. The zero-order valence-electron chi connectivity index (χ0n) is 12.5. The van der Waals surface area contributed by atoms with E-state index in [0.717, 1.165) is 37.2 Å². The molecule has 0 radical (unpaired) electrons. The largest absolute Gasteiger partial charge is 0.337 e. The number of rotatable bonds is 3. The Kier molecular flexibility index (Phi) is 5.51. The van der Waals surface area contributed by atoms with E-state index in [0.29, 0.717) is 6.04 Å². The van der Waals surface area contributed by atoms with Crippen LogP contribution < -0.4 is 5.32 Å². The van der Waals surface area contributed by atoms with Gasteiger partial charge in [0.2, 0.25) is 0 Å². The molecule has 22 heavy (non-hydrogen) atoms. The van der Waals surface area contributed by atoms with Gasteiger partial charge in [-0.15, -0.1) is 12.4 Å². The smallest absolute Gasteiger partial charge is 0.253 e. The first kappa shape index (κ1) is 16.5. The summed E-state index contributed by atoms with van der Waals surface area (Å²) in [7, 11) is 1.95. The molecule has 1 amide bonds. The van der Waals surface area contributed by atoms with E-state index < -0.39 is 0 Å². The zero-order valence-corrected chi connectivity index (χ0v) is 13.3. The van der Waals surface area contributed by atoms with Gasteiger partial charge in [0.1, 0.15) is 12.7 Å². The number of hydrogen-bond acceptors (Lipinski definition) is 4. The number of aromatic nitrogens is 3. The molecule has 1 N–H and O–H groups in total. The van der Waals surface area contributed by atoms with Gasteiger partial charge in [0.05, 0.1) is 5.69 Å². The molecule has 1 aromatic carbocycles. The highest BCUT2D eigenvalue weighted by Crippen LogP contribution is 2.15. The van der Waals surface area contributed by atoms with E-state index in [2.05, 4.69) is 15.4 Å². The maximum atomic E-state index is 12.5. The molecular formula is C15H20ClN5O. The van der Waals surface area contributed by atoms with Crippen LogP contribution in [0.1, 0.15) is 23.2 Å². The van der Waals surface area contributed by atoms with Gasteiger partial charge in [-0.05, 0) is 44.2 Å². The fraction of sp³-hybridized carbons (Fsp3) is 0.400. The molecule has 0 aliphatic carbocycles. The number of amides is 1. The summed E-state index contributed by atoms with van der Waals surface area (Å²) in [5.74, 6) is 0.0973. The van der Waals surface area contributed by atoms with Gasteiger partial charge in [-0.25, -0.2) is 9.67 Å². The first-order valence-electron chi connectivity index (χ1n) is 7.19. The fourth-order valence-electron chi connectivity index (χ4n) is 2.68. The molecular weight excluding hydrogens is 302 g/mol. The molecule has 1 atom stereocenters. The Morgan fingerprint density at radius 3 is 2.73 bits per heavy atom. The normalized spacial score (nSPS) is 17.9. The monoisotopic (exact) mass is 321 g/mol. The highest BCUT2D eigenvalue weighted by molar-refractivity contribution is 5.94. The van der Waals surface area contributed by atoms with Crippen molar-refractivity contribution >= 4 is 18.3 Å². The average molecular weight is 322 g/mol. The first-order valence-corrected chi connectivity index (χ1v) is 7.19. The van der Waals surface area contributed by atoms with E-state index in [-0.39, 0.29) is 18.3 Å². The van der Waals surface area contributed by atoms with Crippen molar-refractivity contribution in [3.63, 3.8) is 0 Å². The number of benzene rings is 1. The van der Waals surface area contributed by atoms with Gasteiger partial charge >= 0.3 is 0 Å². The topological polar surface area (TPSA) is 63.1 Å². The summed E-state index contributed by atoms with van der Waals surface area (Å²) in [4.78, 5) is 18.4.